The summed E-state index contributed by atoms with van der Waals surface area (Å²) in [6.07, 6.45) is -3.37. The van der Waals surface area contributed by atoms with Crippen molar-refractivity contribution in [3.8, 4) is 0 Å². The average molecular weight is 273 g/mol. The third-order valence-corrected chi connectivity index (χ3v) is 3.30. The van der Waals surface area contributed by atoms with Gasteiger partial charge in [0, 0.05) is 24.9 Å². The SMILES string of the molecule is CN(c1ccc(C=O)cc1C(F)(F)F)C1CCOC1. The molecular weight excluding hydrogens is 259 g/mol. The van der Waals surface area contributed by atoms with Gasteiger partial charge in [-0.25, -0.2) is 0 Å². The number of likely N-dealkylation sites (N-methyl/N-ethyl adjacent to an activating group) is 1. The molecule has 0 radical (unpaired) electrons. The maximum Gasteiger partial charge on any atom is 0.418 e. The van der Waals surface area contributed by atoms with Crippen molar-refractivity contribution < 1.29 is 22.7 Å². The molecule has 0 spiro atoms. The molecule has 0 bridgehead atoms. The number of hydrogen-bond acceptors (Lipinski definition) is 3. The van der Waals surface area contributed by atoms with Gasteiger partial charge in [0.1, 0.15) is 6.29 Å². The van der Waals surface area contributed by atoms with Gasteiger partial charge in [-0.1, -0.05) is 0 Å². The Hall–Kier alpha value is -1.56. The summed E-state index contributed by atoms with van der Waals surface area (Å²) < 4.78 is 44.3. The summed E-state index contributed by atoms with van der Waals surface area (Å²) in [5.41, 5.74) is -0.688. The average Bonchev–Trinajstić information content (AvgIpc) is 2.90. The molecule has 1 aromatic rings. The van der Waals surface area contributed by atoms with Gasteiger partial charge in [-0.05, 0) is 24.6 Å². The van der Waals surface area contributed by atoms with Gasteiger partial charge in [0.25, 0.3) is 0 Å². The fourth-order valence-corrected chi connectivity index (χ4v) is 2.19. The molecule has 1 aliphatic heterocycles. The Balaban J connectivity index is 2.40. The Labute approximate surface area is 109 Å². The smallest absolute Gasteiger partial charge is 0.379 e. The molecule has 1 unspecified atom stereocenters. The Morgan fingerprint density at radius 1 is 1.42 bits per heavy atom. The van der Waals surface area contributed by atoms with Crippen LogP contribution < -0.4 is 4.90 Å². The first-order valence-corrected chi connectivity index (χ1v) is 5.90. The molecule has 1 atom stereocenters. The number of carbonyl (C=O) groups excluding carboxylic acids is 1. The lowest BCUT2D eigenvalue weighted by Gasteiger charge is -2.28. The van der Waals surface area contributed by atoms with E-state index in [0.29, 0.717) is 25.9 Å². The van der Waals surface area contributed by atoms with Crippen LogP contribution in [-0.2, 0) is 10.9 Å². The van der Waals surface area contributed by atoms with Crippen LogP contribution in [0.2, 0.25) is 0 Å². The van der Waals surface area contributed by atoms with E-state index in [2.05, 4.69) is 0 Å². The van der Waals surface area contributed by atoms with Gasteiger partial charge in [-0.2, -0.15) is 13.2 Å². The molecule has 0 saturated carbocycles. The summed E-state index contributed by atoms with van der Waals surface area (Å²) in [6.45, 7) is 0.978. The van der Waals surface area contributed by atoms with Crippen LogP contribution in [0.5, 0.6) is 0 Å². The van der Waals surface area contributed by atoms with Crippen molar-refractivity contribution in [1.82, 2.24) is 0 Å². The number of ether oxygens (including phenoxy) is 1. The number of nitrogens with zero attached hydrogens (tertiary/aromatic N) is 1. The van der Waals surface area contributed by atoms with E-state index in [4.69, 9.17) is 4.74 Å². The second-order valence-corrected chi connectivity index (χ2v) is 4.52. The molecule has 2 rings (SSSR count). The predicted molar refractivity (Wildman–Crippen MR) is 64.5 cm³/mol. The van der Waals surface area contributed by atoms with E-state index in [1.54, 1.807) is 11.9 Å². The minimum absolute atomic E-state index is 0.0205. The minimum atomic E-state index is -4.48. The highest BCUT2D eigenvalue weighted by molar-refractivity contribution is 5.77. The molecule has 6 heteroatoms. The Morgan fingerprint density at radius 3 is 2.68 bits per heavy atom. The molecule has 1 aromatic carbocycles. The Kier molecular flexibility index (Phi) is 3.80. The van der Waals surface area contributed by atoms with Crippen molar-refractivity contribution >= 4 is 12.0 Å². The zero-order valence-electron chi connectivity index (χ0n) is 10.4. The standard InChI is InChI=1S/C13H14F3NO2/c1-17(10-4-5-19-8-10)12-3-2-9(7-18)6-11(12)13(14,15)16/h2-3,6-7,10H,4-5,8H2,1H3. The molecule has 1 saturated heterocycles. The molecule has 19 heavy (non-hydrogen) atoms. The van der Waals surface area contributed by atoms with Crippen LogP contribution >= 0.6 is 0 Å². The molecule has 104 valence electrons. The number of carbonyl (C=O) groups is 1. The zero-order valence-corrected chi connectivity index (χ0v) is 10.4. The van der Waals surface area contributed by atoms with Crippen LogP contribution in [-0.4, -0.2) is 32.6 Å². The number of anilines is 1. The minimum Gasteiger partial charge on any atom is -0.379 e. The zero-order chi connectivity index (χ0) is 14.0. The maximum absolute atomic E-state index is 13.0. The highest BCUT2D eigenvalue weighted by atomic mass is 19.4. The molecule has 0 aromatic heterocycles. The number of benzene rings is 1. The summed E-state index contributed by atoms with van der Waals surface area (Å²) in [5, 5.41) is 0. The fourth-order valence-electron chi connectivity index (χ4n) is 2.19. The summed E-state index contributed by atoms with van der Waals surface area (Å²) in [7, 11) is 1.62. The quantitative estimate of drug-likeness (QED) is 0.793. The van der Waals surface area contributed by atoms with E-state index in [1.807, 2.05) is 0 Å². The molecule has 3 nitrogen and oxygen atoms in total. The number of halogens is 3. The molecular formula is C13H14F3NO2. The summed E-state index contributed by atoms with van der Waals surface area (Å²) in [4.78, 5) is 12.2. The van der Waals surface area contributed by atoms with Crippen molar-refractivity contribution in [2.75, 3.05) is 25.2 Å². The Morgan fingerprint density at radius 2 is 2.16 bits per heavy atom. The number of hydrogen-bond donors (Lipinski definition) is 0. The lowest BCUT2D eigenvalue weighted by Crippen LogP contribution is -2.33. The van der Waals surface area contributed by atoms with E-state index in [0.717, 1.165) is 6.07 Å². The van der Waals surface area contributed by atoms with E-state index in [1.165, 1.54) is 12.1 Å². The summed E-state index contributed by atoms with van der Waals surface area (Å²) >= 11 is 0. The van der Waals surface area contributed by atoms with Crippen molar-refractivity contribution in [2.24, 2.45) is 0 Å². The third kappa shape index (κ3) is 2.89. The van der Waals surface area contributed by atoms with Crippen LogP contribution in [0.25, 0.3) is 0 Å². The molecule has 0 N–H and O–H groups in total. The van der Waals surface area contributed by atoms with Crippen LogP contribution in [0.15, 0.2) is 18.2 Å². The summed E-state index contributed by atoms with van der Waals surface area (Å²) in [5.74, 6) is 0. The molecule has 1 aliphatic rings. The van der Waals surface area contributed by atoms with Crippen LogP contribution in [0, 0.1) is 0 Å². The topological polar surface area (TPSA) is 29.5 Å². The van der Waals surface area contributed by atoms with E-state index >= 15 is 0 Å². The normalized spacial score (nSPS) is 19.5. The van der Waals surface area contributed by atoms with Gasteiger partial charge < -0.3 is 9.64 Å². The van der Waals surface area contributed by atoms with Crippen LogP contribution in [0.3, 0.4) is 0 Å². The van der Waals surface area contributed by atoms with E-state index in [9.17, 15) is 18.0 Å². The van der Waals surface area contributed by atoms with Gasteiger partial charge in [0.15, 0.2) is 0 Å². The van der Waals surface area contributed by atoms with Gasteiger partial charge in [-0.15, -0.1) is 0 Å². The van der Waals surface area contributed by atoms with E-state index in [-0.39, 0.29) is 17.3 Å². The number of alkyl halides is 3. The molecule has 1 heterocycles. The maximum atomic E-state index is 13.0. The van der Waals surface area contributed by atoms with E-state index < -0.39 is 11.7 Å². The number of rotatable bonds is 3. The Bertz CT molecular complexity index is 467. The first-order valence-electron chi connectivity index (χ1n) is 5.90. The van der Waals surface area contributed by atoms with Crippen molar-refractivity contribution in [3.63, 3.8) is 0 Å². The van der Waals surface area contributed by atoms with Crippen LogP contribution in [0.1, 0.15) is 22.3 Å². The molecule has 0 amide bonds. The summed E-state index contributed by atoms with van der Waals surface area (Å²) in [6, 6.07) is 3.55. The van der Waals surface area contributed by atoms with Gasteiger partial charge in [-0.3, -0.25) is 4.79 Å². The fraction of sp³-hybridized carbons (Fsp3) is 0.462. The van der Waals surface area contributed by atoms with Crippen molar-refractivity contribution in [3.05, 3.63) is 29.3 Å². The first-order chi connectivity index (χ1) is 8.93. The third-order valence-electron chi connectivity index (χ3n) is 3.30. The van der Waals surface area contributed by atoms with Gasteiger partial charge >= 0.3 is 6.18 Å². The predicted octanol–water partition coefficient (Wildman–Crippen LogP) is 2.74. The largest absolute Gasteiger partial charge is 0.418 e. The molecule has 0 aliphatic carbocycles. The monoisotopic (exact) mass is 273 g/mol. The second kappa shape index (κ2) is 5.21. The lowest BCUT2D eigenvalue weighted by molar-refractivity contribution is -0.137. The first kappa shape index (κ1) is 13.9. The molecule has 1 fully saturated rings. The number of aldehydes is 1. The van der Waals surface area contributed by atoms with Gasteiger partial charge in [0.2, 0.25) is 0 Å². The van der Waals surface area contributed by atoms with Crippen molar-refractivity contribution in [2.45, 2.75) is 18.6 Å². The lowest BCUT2D eigenvalue weighted by atomic mass is 10.1. The highest BCUT2D eigenvalue weighted by Gasteiger charge is 2.36. The van der Waals surface area contributed by atoms with Crippen molar-refractivity contribution in [1.29, 1.82) is 0 Å². The van der Waals surface area contributed by atoms with Gasteiger partial charge in [0.05, 0.1) is 18.2 Å². The van der Waals surface area contributed by atoms with Crippen LogP contribution in [0.4, 0.5) is 18.9 Å². The highest BCUT2D eigenvalue weighted by Crippen LogP contribution is 2.37. The second-order valence-electron chi connectivity index (χ2n) is 4.52.